The van der Waals surface area contributed by atoms with Crippen molar-refractivity contribution in [2.75, 3.05) is 23.4 Å². The van der Waals surface area contributed by atoms with Crippen LogP contribution in [0.5, 0.6) is 0 Å². The van der Waals surface area contributed by atoms with Crippen molar-refractivity contribution >= 4 is 34.8 Å². The first-order valence-electron chi connectivity index (χ1n) is 10.4. The predicted octanol–water partition coefficient (Wildman–Crippen LogP) is 2.29. The molecule has 2 aliphatic rings. The Balaban J connectivity index is 1.60. The lowest BCUT2D eigenvalue weighted by Gasteiger charge is -2.20. The Morgan fingerprint density at radius 1 is 1.03 bits per heavy atom. The van der Waals surface area contributed by atoms with Crippen LogP contribution in [0.25, 0.3) is 0 Å². The molecule has 2 aromatic carbocycles. The summed E-state index contributed by atoms with van der Waals surface area (Å²) in [7, 11) is 0. The van der Waals surface area contributed by atoms with Crippen LogP contribution < -0.4 is 16.1 Å². The van der Waals surface area contributed by atoms with E-state index in [-0.39, 0.29) is 18.0 Å². The third-order valence-electron chi connectivity index (χ3n) is 5.66. The van der Waals surface area contributed by atoms with Crippen LogP contribution in [0, 0.1) is 6.92 Å². The number of benzene rings is 2. The van der Waals surface area contributed by atoms with Gasteiger partial charge in [0.2, 0.25) is 5.91 Å². The first-order valence-corrected chi connectivity index (χ1v) is 10.4. The molecular formula is C23H25N5O3. The predicted molar refractivity (Wildman–Crippen MR) is 119 cm³/mol. The summed E-state index contributed by atoms with van der Waals surface area (Å²) < 4.78 is 0. The highest BCUT2D eigenvalue weighted by molar-refractivity contribution is 6.44. The van der Waals surface area contributed by atoms with E-state index in [1.807, 2.05) is 37.3 Å². The highest BCUT2D eigenvalue weighted by Crippen LogP contribution is 2.27. The zero-order chi connectivity index (χ0) is 22.0. The standard InChI is InChI=1S/C23H25N5O3/c1-15-8-7-11-17(23(31)27-12-5-6-13-27)20(15)25-22(30)18-14-19(21(24)29)28(26-18)16-9-3-2-4-10-16/h2-4,7-11,19H,5-6,12-14H2,1H3,(H2,24,29)(H,25,30). The highest BCUT2D eigenvalue weighted by Gasteiger charge is 2.35. The first kappa shape index (κ1) is 20.6. The van der Waals surface area contributed by atoms with Gasteiger partial charge in [-0.3, -0.25) is 19.4 Å². The second kappa shape index (κ2) is 8.59. The van der Waals surface area contributed by atoms with Crippen molar-refractivity contribution in [1.29, 1.82) is 0 Å². The van der Waals surface area contributed by atoms with Crippen LogP contribution in [-0.4, -0.2) is 47.5 Å². The molecule has 1 unspecified atom stereocenters. The fourth-order valence-electron chi connectivity index (χ4n) is 3.98. The number of hydrogen-bond donors (Lipinski definition) is 2. The van der Waals surface area contributed by atoms with Crippen molar-refractivity contribution in [3.63, 3.8) is 0 Å². The van der Waals surface area contributed by atoms with E-state index in [0.29, 0.717) is 16.9 Å². The number of anilines is 2. The van der Waals surface area contributed by atoms with Gasteiger partial charge in [0.15, 0.2) is 0 Å². The van der Waals surface area contributed by atoms with Crippen LogP contribution >= 0.6 is 0 Å². The number of rotatable bonds is 5. The summed E-state index contributed by atoms with van der Waals surface area (Å²) >= 11 is 0. The summed E-state index contributed by atoms with van der Waals surface area (Å²) in [5.41, 5.74) is 8.14. The van der Waals surface area contributed by atoms with Crippen molar-refractivity contribution in [3.05, 3.63) is 59.7 Å². The fourth-order valence-corrected chi connectivity index (χ4v) is 3.98. The maximum atomic E-state index is 13.1. The van der Waals surface area contributed by atoms with Gasteiger partial charge in [0, 0.05) is 19.5 Å². The smallest absolute Gasteiger partial charge is 0.271 e. The number of likely N-dealkylation sites (tertiary alicyclic amines) is 1. The minimum absolute atomic E-state index is 0.0919. The Labute approximate surface area is 180 Å². The van der Waals surface area contributed by atoms with Gasteiger partial charge in [0.1, 0.15) is 11.8 Å². The topological polar surface area (TPSA) is 108 Å². The molecule has 8 nitrogen and oxygen atoms in total. The molecule has 160 valence electrons. The lowest BCUT2D eigenvalue weighted by Crippen LogP contribution is -2.39. The summed E-state index contributed by atoms with van der Waals surface area (Å²) in [4.78, 5) is 39.8. The van der Waals surface area contributed by atoms with Crippen LogP contribution in [0.15, 0.2) is 53.6 Å². The molecule has 0 aromatic heterocycles. The van der Waals surface area contributed by atoms with Crippen LogP contribution in [-0.2, 0) is 9.59 Å². The van der Waals surface area contributed by atoms with Gasteiger partial charge in [-0.1, -0.05) is 30.3 Å². The summed E-state index contributed by atoms with van der Waals surface area (Å²) in [6.07, 6.45) is 2.07. The van der Waals surface area contributed by atoms with E-state index < -0.39 is 17.9 Å². The van der Waals surface area contributed by atoms with Gasteiger partial charge in [0.25, 0.3) is 11.8 Å². The van der Waals surface area contributed by atoms with Crippen molar-refractivity contribution in [1.82, 2.24) is 4.90 Å². The normalized spacial score (nSPS) is 18.1. The summed E-state index contributed by atoms with van der Waals surface area (Å²) in [6.45, 7) is 3.29. The molecule has 0 spiro atoms. The molecule has 2 aromatic rings. The quantitative estimate of drug-likeness (QED) is 0.775. The molecule has 2 heterocycles. The van der Waals surface area contributed by atoms with E-state index >= 15 is 0 Å². The number of hydrazone groups is 1. The molecule has 0 aliphatic carbocycles. The van der Waals surface area contributed by atoms with Gasteiger partial charge in [-0.05, 0) is 43.5 Å². The zero-order valence-corrected chi connectivity index (χ0v) is 17.4. The average molecular weight is 419 g/mol. The van der Waals surface area contributed by atoms with Crippen LogP contribution in [0.3, 0.4) is 0 Å². The second-order valence-corrected chi connectivity index (χ2v) is 7.80. The number of hydrogen-bond acceptors (Lipinski definition) is 5. The van der Waals surface area contributed by atoms with Crippen molar-refractivity contribution < 1.29 is 14.4 Å². The van der Waals surface area contributed by atoms with Gasteiger partial charge in [-0.2, -0.15) is 5.10 Å². The number of nitrogens with one attached hydrogen (secondary N) is 1. The van der Waals surface area contributed by atoms with Crippen molar-refractivity contribution in [2.45, 2.75) is 32.2 Å². The van der Waals surface area contributed by atoms with E-state index in [9.17, 15) is 14.4 Å². The number of nitrogens with two attached hydrogens (primary N) is 1. The number of carbonyl (C=O) groups is 3. The lowest BCUT2D eigenvalue weighted by molar-refractivity contribution is -0.119. The zero-order valence-electron chi connectivity index (χ0n) is 17.4. The molecule has 0 saturated carbocycles. The van der Waals surface area contributed by atoms with E-state index in [4.69, 9.17) is 5.73 Å². The summed E-state index contributed by atoms with van der Waals surface area (Å²) in [6, 6.07) is 13.7. The number of amides is 3. The van der Waals surface area contributed by atoms with Crippen LogP contribution in [0.4, 0.5) is 11.4 Å². The molecule has 1 saturated heterocycles. The van der Waals surface area contributed by atoms with Gasteiger partial charge >= 0.3 is 0 Å². The number of carbonyl (C=O) groups excluding carboxylic acids is 3. The molecule has 0 radical (unpaired) electrons. The molecule has 31 heavy (non-hydrogen) atoms. The number of primary amides is 1. The SMILES string of the molecule is Cc1cccc(C(=O)N2CCCC2)c1NC(=O)C1=NN(c2ccccc2)C(C(N)=O)C1. The minimum Gasteiger partial charge on any atom is -0.368 e. The van der Waals surface area contributed by atoms with Gasteiger partial charge < -0.3 is 16.0 Å². The Bertz CT molecular complexity index is 1040. The minimum atomic E-state index is -0.745. The van der Waals surface area contributed by atoms with Crippen molar-refractivity contribution in [2.24, 2.45) is 10.8 Å². The number of aryl methyl sites for hydroxylation is 1. The van der Waals surface area contributed by atoms with E-state index in [1.165, 1.54) is 5.01 Å². The van der Waals surface area contributed by atoms with E-state index in [0.717, 1.165) is 31.5 Å². The Morgan fingerprint density at radius 2 is 1.74 bits per heavy atom. The average Bonchev–Trinajstić information content (AvgIpc) is 3.46. The molecule has 8 heteroatoms. The number of nitrogens with zero attached hydrogens (tertiary/aromatic N) is 3. The molecular weight excluding hydrogens is 394 g/mol. The largest absolute Gasteiger partial charge is 0.368 e. The molecule has 2 aliphatic heterocycles. The third kappa shape index (κ3) is 4.14. The molecule has 0 bridgehead atoms. The van der Waals surface area contributed by atoms with Gasteiger partial charge in [0.05, 0.1) is 16.9 Å². The molecule has 3 N–H and O–H groups in total. The van der Waals surface area contributed by atoms with E-state index in [1.54, 1.807) is 23.1 Å². The molecule has 3 amide bonds. The van der Waals surface area contributed by atoms with Crippen LogP contribution in [0.1, 0.15) is 35.2 Å². The second-order valence-electron chi connectivity index (χ2n) is 7.80. The Kier molecular flexibility index (Phi) is 5.70. The highest BCUT2D eigenvalue weighted by atomic mass is 16.2. The molecule has 1 atom stereocenters. The Hall–Kier alpha value is -3.68. The van der Waals surface area contributed by atoms with Gasteiger partial charge in [-0.25, -0.2) is 0 Å². The Morgan fingerprint density at radius 3 is 2.42 bits per heavy atom. The van der Waals surface area contributed by atoms with Gasteiger partial charge in [-0.15, -0.1) is 0 Å². The number of para-hydroxylation sites is 2. The maximum absolute atomic E-state index is 13.1. The van der Waals surface area contributed by atoms with Crippen LogP contribution in [0.2, 0.25) is 0 Å². The summed E-state index contributed by atoms with van der Waals surface area (Å²) in [5, 5.41) is 8.72. The fraction of sp³-hybridized carbons (Fsp3) is 0.304. The molecule has 1 fully saturated rings. The lowest BCUT2D eigenvalue weighted by atomic mass is 10.1. The van der Waals surface area contributed by atoms with Crippen molar-refractivity contribution in [3.8, 4) is 0 Å². The third-order valence-corrected chi connectivity index (χ3v) is 5.66. The molecule has 4 rings (SSSR count). The summed E-state index contributed by atoms with van der Waals surface area (Å²) in [5.74, 6) is -1.10. The maximum Gasteiger partial charge on any atom is 0.271 e. The monoisotopic (exact) mass is 419 g/mol. The first-order chi connectivity index (χ1) is 15.0. The van der Waals surface area contributed by atoms with E-state index in [2.05, 4.69) is 10.4 Å².